The van der Waals surface area contributed by atoms with E-state index in [1.807, 2.05) is 31.2 Å². The molecule has 1 aliphatic rings. The second kappa shape index (κ2) is 5.93. The Hall–Kier alpha value is -1.75. The van der Waals surface area contributed by atoms with E-state index in [9.17, 15) is 4.79 Å². The maximum atomic E-state index is 12.1. The number of carbonyl (C=O) groups is 1. The molecule has 2 unspecified atom stereocenters. The van der Waals surface area contributed by atoms with Crippen molar-refractivity contribution >= 4 is 11.6 Å². The van der Waals surface area contributed by atoms with Crippen molar-refractivity contribution in [3.05, 3.63) is 24.3 Å². The number of amides is 1. The normalized spacial score (nSPS) is 23.1. The molecule has 1 saturated heterocycles. The molecule has 1 aromatic rings. The van der Waals surface area contributed by atoms with Crippen LogP contribution in [0.2, 0.25) is 0 Å². The highest BCUT2D eigenvalue weighted by Gasteiger charge is 2.32. The molecule has 0 bridgehead atoms. The second-order valence-electron chi connectivity index (χ2n) is 4.85. The molecule has 19 heavy (non-hydrogen) atoms. The largest absolute Gasteiger partial charge is 0.497 e. The predicted molar refractivity (Wildman–Crippen MR) is 75.4 cm³/mol. The second-order valence-corrected chi connectivity index (χ2v) is 4.85. The average Bonchev–Trinajstić information content (AvgIpc) is 2.42. The molecule has 5 heteroatoms. The van der Waals surface area contributed by atoms with Gasteiger partial charge in [0.1, 0.15) is 11.8 Å². The van der Waals surface area contributed by atoms with Crippen molar-refractivity contribution in [2.75, 3.05) is 25.1 Å². The molecular formula is C14H21N3O2. The summed E-state index contributed by atoms with van der Waals surface area (Å²) in [6, 6.07) is 7.73. The highest BCUT2D eigenvalue weighted by molar-refractivity contribution is 5.87. The third kappa shape index (κ3) is 2.98. The number of hydrogen-bond donors (Lipinski definition) is 2. The quantitative estimate of drug-likeness (QED) is 0.840. The van der Waals surface area contributed by atoms with Gasteiger partial charge in [0.2, 0.25) is 5.91 Å². The van der Waals surface area contributed by atoms with Gasteiger partial charge in [-0.1, -0.05) is 0 Å². The lowest BCUT2D eigenvalue weighted by atomic mass is 10.0. The molecular weight excluding hydrogens is 242 g/mol. The minimum atomic E-state index is -0.186. The molecule has 104 valence electrons. The molecule has 0 spiro atoms. The van der Waals surface area contributed by atoms with Crippen LogP contribution in [0.15, 0.2) is 24.3 Å². The zero-order valence-electron chi connectivity index (χ0n) is 11.4. The highest BCUT2D eigenvalue weighted by atomic mass is 16.5. The van der Waals surface area contributed by atoms with Gasteiger partial charge in [0, 0.05) is 18.3 Å². The summed E-state index contributed by atoms with van der Waals surface area (Å²) in [6.45, 7) is 3.30. The first-order chi connectivity index (χ1) is 9.15. The van der Waals surface area contributed by atoms with Crippen LogP contribution in [0.1, 0.15) is 13.3 Å². The fourth-order valence-corrected chi connectivity index (χ4v) is 2.45. The summed E-state index contributed by atoms with van der Waals surface area (Å²) in [4.78, 5) is 14.2. The van der Waals surface area contributed by atoms with Crippen LogP contribution >= 0.6 is 0 Å². The highest BCUT2D eigenvalue weighted by Crippen LogP contribution is 2.24. The predicted octanol–water partition coefficient (Wildman–Crippen LogP) is 0.737. The summed E-state index contributed by atoms with van der Waals surface area (Å²) in [5, 5.41) is 2.98. The van der Waals surface area contributed by atoms with E-state index in [2.05, 4.69) is 10.2 Å². The molecule has 3 N–H and O–H groups in total. The lowest BCUT2D eigenvalue weighted by molar-refractivity contribution is -0.124. The van der Waals surface area contributed by atoms with Crippen molar-refractivity contribution < 1.29 is 9.53 Å². The van der Waals surface area contributed by atoms with Gasteiger partial charge in [-0.3, -0.25) is 4.79 Å². The molecule has 2 rings (SSSR count). The van der Waals surface area contributed by atoms with Gasteiger partial charge in [0.05, 0.1) is 7.11 Å². The Balaban J connectivity index is 2.23. The maximum Gasteiger partial charge on any atom is 0.243 e. The zero-order chi connectivity index (χ0) is 13.8. The van der Waals surface area contributed by atoms with E-state index in [0.29, 0.717) is 13.0 Å². The van der Waals surface area contributed by atoms with E-state index in [1.54, 1.807) is 7.11 Å². The SMILES string of the molecule is COc1ccc(N2CC(C)NC(=O)C2CCN)cc1. The van der Waals surface area contributed by atoms with Gasteiger partial charge in [-0.2, -0.15) is 0 Å². The number of ether oxygens (including phenoxy) is 1. The minimum absolute atomic E-state index is 0.0556. The number of nitrogens with zero attached hydrogens (tertiary/aromatic N) is 1. The van der Waals surface area contributed by atoms with E-state index < -0.39 is 0 Å². The Bertz CT molecular complexity index is 433. The molecule has 1 amide bonds. The third-order valence-corrected chi connectivity index (χ3v) is 3.38. The fourth-order valence-electron chi connectivity index (χ4n) is 2.45. The number of nitrogens with one attached hydrogen (secondary N) is 1. The molecule has 1 aromatic carbocycles. The lowest BCUT2D eigenvalue weighted by Crippen LogP contribution is -2.59. The minimum Gasteiger partial charge on any atom is -0.497 e. The summed E-state index contributed by atoms with van der Waals surface area (Å²) in [7, 11) is 1.64. The third-order valence-electron chi connectivity index (χ3n) is 3.38. The standard InChI is InChI=1S/C14H21N3O2/c1-10-9-17(13(7-8-15)14(18)16-10)11-3-5-12(19-2)6-4-11/h3-6,10,13H,7-9,15H2,1-2H3,(H,16,18). The topological polar surface area (TPSA) is 67.6 Å². The van der Waals surface area contributed by atoms with Crippen molar-refractivity contribution in [2.45, 2.75) is 25.4 Å². The molecule has 1 aliphatic heterocycles. The van der Waals surface area contributed by atoms with Crippen LogP contribution in [0.4, 0.5) is 5.69 Å². The number of methoxy groups -OCH3 is 1. The van der Waals surface area contributed by atoms with Crippen LogP contribution in [0.25, 0.3) is 0 Å². The number of carbonyl (C=O) groups excluding carboxylic acids is 1. The number of piperazine rings is 1. The summed E-state index contributed by atoms with van der Waals surface area (Å²) < 4.78 is 5.16. The first-order valence-electron chi connectivity index (χ1n) is 6.57. The Kier molecular flexibility index (Phi) is 4.27. The van der Waals surface area contributed by atoms with Crippen molar-refractivity contribution in [2.24, 2.45) is 5.73 Å². The van der Waals surface area contributed by atoms with Crippen molar-refractivity contribution in [1.82, 2.24) is 5.32 Å². The molecule has 5 nitrogen and oxygen atoms in total. The van der Waals surface area contributed by atoms with Gasteiger partial charge in [0.15, 0.2) is 0 Å². The van der Waals surface area contributed by atoms with Gasteiger partial charge >= 0.3 is 0 Å². The molecule has 0 radical (unpaired) electrons. The van der Waals surface area contributed by atoms with Crippen LogP contribution in [0, 0.1) is 0 Å². The molecule has 2 atom stereocenters. The number of hydrogen-bond acceptors (Lipinski definition) is 4. The number of rotatable bonds is 4. The zero-order valence-corrected chi connectivity index (χ0v) is 11.4. The first kappa shape index (κ1) is 13.7. The Morgan fingerprint density at radius 3 is 2.68 bits per heavy atom. The van der Waals surface area contributed by atoms with Crippen LogP contribution in [0.3, 0.4) is 0 Å². The number of anilines is 1. The first-order valence-corrected chi connectivity index (χ1v) is 6.57. The maximum absolute atomic E-state index is 12.1. The average molecular weight is 263 g/mol. The van der Waals surface area contributed by atoms with E-state index >= 15 is 0 Å². The molecule has 1 fully saturated rings. The van der Waals surface area contributed by atoms with E-state index in [1.165, 1.54) is 0 Å². The lowest BCUT2D eigenvalue weighted by Gasteiger charge is -2.39. The van der Waals surface area contributed by atoms with Gasteiger partial charge in [-0.15, -0.1) is 0 Å². The number of nitrogens with two attached hydrogens (primary N) is 1. The van der Waals surface area contributed by atoms with Crippen LogP contribution < -0.4 is 20.7 Å². The summed E-state index contributed by atoms with van der Waals surface area (Å²) >= 11 is 0. The molecule has 0 aliphatic carbocycles. The molecule has 1 heterocycles. The molecule has 0 aromatic heterocycles. The van der Waals surface area contributed by atoms with E-state index in [0.717, 1.165) is 18.0 Å². The monoisotopic (exact) mass is 263 g/mol. The Morgan fingerprint density at radius 1 is 1.42 bits per heavy atom. The van der Waals surface area contributed by atoms with Crippen LogP contribution in [-0.2, 0) is 4.79 Å². The smallest absolute Gasteiger partial charge is 0.243 e. The van der Waals surface area contributed by atoms with Crippen molar-refractivity contribution in [1.29, 1.82) is 0 Å². The van der Waals surface area contributed by atoms with Gasteiger partial charge in [-0.25, -0.2) is 0 Å². The number of benzene rings is 1. The van der Waals surface area contributed by atoms with E-state index in [4.69, 9.17) is 10.5 Å². The van der Waals surface area contributed by atoms with Crippen molar-refractivity contribution in [3.8, 4) is 5.75 Å². The van der Waals surface area contributed by atoms with Gasteiger partial charge in [0.25, 0.3) is 0 Å². The summed E-state index contributed by atoms with van der Waals surface area (Å²) in [5.74, 6) is 0.869. The Morgan fingerprint density at radius 2 is 2.11 bits per heavy atom. The summed E-state index contributed by atoms with van der Waals surface area (Å²) in [6.07, 6.45) is 0.657. The Labute approximate surface area is 113 Å². The van der Waals surface area contributed by atoms with Gasteiger partial charge < -0.3 is 20.7 Å². The van der Waals surface area contributed by atoms with Crippen molar-refractivity contribution in [3.63, 3.8) is 0 Å². The fraction of sp³-hybridized carbons (Fsp3) is 0.500. The van der Waals surface area contributed by atoms with E-state index in [-0.39, 0.29) is 18.0 Å². The van der Waals surface area contributed by atoms with Gasteiger partial charge in [-0.05, 0) is 44.2 Å². The van der Waals surface area contributed by atoms with Crippen LogP contribution in [-0.4, -0.2) is 38.2 Å². The van der Waals surface area contributed by atoms with Crippen LogP contribution in [0.5, 0.6) is 5.75 Å². The molecule has 0 saturated carbocycles. The summed E-state index contributed by atoms with van der Waals surface area (Å²) in [5.41, 5.74) is 6.64.